The molecule has 0 saturated carbocycles. The first-order chi connectivity index (χ1) is 14.8. The van der Waals surface area contributed by atoms with Gasteiger partial charge in [-0.2, -0.15) is 0 Å². The van der Waals surface area contributed by atoms with Crippen LogP contribution in [0.3, 0.4) is 0 Å². The van der Waals surface area contributed by atoms with Gasteiger partial charge in [-0.15, -0.1) is 0 Å². The van der Waals surface area contributed by atoms with Crippen LogP contribution in [0.4, 0.5) is 23.4 Å². The molecular formula is C21H19F4N3O3. The number of piperidine rings is 1. The third-order valence-corrected chi connectivity index (χ3v) is 5.40. The van der Waals surface area contributed by atoms with Crippen LogP contribution in [0.1, 0.15) is 18.5 Å². The molecule has 0 aliphatic carbocycles. The summed E-state index contributed by atoms with van der Waals surface area (Å²) < 4.78 is 58.5. The molecule has 1 atom stereocenters. The summed E-state index contributed by atoms with van der Waals surface area (Å²) in [7, 11) is 0. The molecule has 1 N–H and O–H groups in total. The van der Waals surface area contributed by atoms with Gasteiger partial charge in [0, 0.05) is 36.7 Å². The van der Waals surface area contributed by atoms with Crippen LogP contribution >= 0.6 is 0 Å². The van der Waals surface area contributed by atoms with Crippen LogP contribution in [0, 0.1) is 11.7 Å². The number of aliphatic carboxylic acids is 1. The summed E-state index contributed by atoms with van der Waals surface area (Å²) in [6.45, 7) is 0.679. The second-order valence-electron chi connectivity index (χ2n) is 7.48. The second-order valence-corrected chi connectivity index (χ2v) is 7.48. The molecule has 2 aromatic heterocycles. The topological polar surface area (TPSA) is 79.5 Å². The zero-order valence-corrected chi connectivity index (χ0v) is 16.3. The lowest BCUT2D eigenvalue weighted by Crippen LogP contribution is -2.37. The van der Waals surface area contributed by atoms with Crippen molar-refractivity contribution in [3.05, 3.63) is 42.2 Å². The highest BCUT2D eigenvalue weighted by molar-refractivity contribution is 5.85. The highest BCUT2D eigenvalue weighted by Crippen LogP contribution is 2.34. The van der Waals surface area contributed by atoms with Crippen molar-refractivity contribution in [3.8, 4) is 11.3 Å². The van der Waals surface area contributed by atoms with Gasteiger partial charge in [0.15, 0.2) is 23.4 Å². The summed E-state index contributed by atoms with van der Waals surface area (Å²) in [5.74, 6) is -1.69. The molecule has 3 aromatic rings. The number of rotatable bonds is 6. The number of furan rings is 1. The quantitative estimate of drug-likeness (QED) is 0.573. The molecule has 1 fully saturated rings. The summed E-state index contributed by atoms with van der Waals surface area (Å²) in [6, 6.07) is 4.49. The third-order valence-electron chi connectivity index (χ3n) is 5.40. The molecule has 31 heavy (non-hydrogen) atoms. The maximum absolute atomic E-state index is 14.5. The number of benzene rings is 1. The van der Waals surface area contributed by atoms with E-state index in [9.17, 15) is 27.5 Å². The molecule has 4 rings (SSSR count). The van der Waals surface area contributed by atoms with E-state index in [0.29, 0.717) is 42.6 Å². The summed E-state index contributed by atoms with van der Waals surface area (Å²) >= 11 is 0. The lowest BCUT2D eigenvalue weighted by Gasteiger charge is -2.32. The summed E-state index contributed by atoms with van der Waals surface area (Å²) in [5.41, 5.74) is 0.824. The van der Waals surface area contributed by atoms with Crippen molar-refractivity contribution < 1.29 is 31.9 Å². The number of anilines is 1. The van der Waals surface area contributed by atoms with Crippen molar-refractivity contribution in [1.82, 2.24) is 9.97 Å². The number of alkyl halides is 3. The van der Waals surface area contributed by atoms with Crippen molar-refractivity contribution in [2.75, 3.05) is 18.0 Å². The second kappa shape index (κ2) is 8.52. The molecule has 0 bridgehead atoms. The van der Waals surface area contributed by atoms with E-state index in [1.165, 1.54) is 18.5 Å². The van der Waals surface area contributed by atoms with Crippen LogP contribution in [0.2, 0.25) is 0 Å². The summed E-state index contributed by atoms with van der Waals surface area (Å²) in [4.78, 5) is 21.7. The maximum atomic E-state index is 14.5. The largest absolute Gasteiger partial charge is 0.481 e. The first-order valence-electron chi connectivity index (χ1n) is 9.76. The van der Waals surface area contributed by atoms with E-state index in [4.69, 9.17) is 4.42 Å². The number of carboxylic acid groups (broad SMARTS) is 1. The number of carbonyl (C=O) groups is 1. The Balaban J connectivity index is 1.73. The van der Waals surface area contributed by atoms with Crippen molar-refractivity contribution in [2.45, 2.75) is 31.9 Å². The molecule has 10 heteroatoms. The molecule has 164 valence electrons. The molecule has 1 aliphatic heterocycles. The Morgan fingerprint density at radius 1 is 1.26 bits per heavy atom. The Kier molecular flexibility index (Phi) is 5.79. The Bertz CT molecular complexity index is 1100. The molecule has 1 aliphatic rings. The van der Waals surface area contributed by atoms with Gasteiger partial charge < -0.3 is 14.4 Å². The number of nitrogens with zero attached hydrogens (tertiary/aromatic N) is 3. The van der Waals surface area contributed by atoms with Crippen LogP contribution in [0.5, 0.6) is 0 Å². The molecule has 3 heterocycles. The average molecular weight is 437 g/mol. The van der Waals surface area contributed by atoms with Gasteiger partial charge in [-0.25, -0.2) is 22.5 Å². The van der Waals surface area contributed by atoms with Gasteiger partial charge in [0.2, 0.25) is 0 Å². The van der Waals surface area contributed by atoms with E-state index in [1.807, 2.05) is 0 Å². The highest BCUT2D eigenvalue weighted by atomic mass is 19.3. The Morgan fingerprint density at radius 2 is 2.00 bits per heavy atom. The van der Waals surface area contributed by atoms with E-state index in [-0.39, 0.29) is 17.1 Å². The minimum atomic E-state index is -3.14. The molecule has 1 saturated heterocycles. The number of halogens is 4. The van der Waals surface area contributed by atoms with E-state index in [0.717, 1.165) is 0 Å². The number of hydrogen-bond donors (Lipinski definition) is 1. The normalized spacial score (nSPS) is 16.2. The number of fused-ring (bicyclic) bond motifs is 1. The summed E-state index contributed by atoms with van der Waals surface area (Å²) in [6.07, 6.45) is -2.86. The highest BCUT2D eigenvalue weighted by Gasteiger charge is 2.28. The monoisotopic (exact) mass is 437 g/mol. The fourth-order valence-corrected chi connectivity index (χ4v) is 3.74. The molecule has 0 amide bonds. The van der Waals surface area contributed by atoms with Crippen LogP contribution in [-0.4, -0.2) is 46.7 Å². The van der Waals surface area contributed by atoms with Crippen LogP contribution in [0.15, 0.2) is 35.1 Å². The average Bonchev–Trinajstić information content (AvgIpc) is 3.23. The van der Waals surface area contributed by atoms with Crippen LogP contribution < -0.4 is 4.90 Å². The van der Waals surface area contributed by atoms with Crippen molar-refractivity contribution in [1.29, 1.82) is 0 Å². The smallest absolute Gasteiger partial charge is 0.306 e. The number of hydrogen-bond acceptors (Lipinski definition) is 5. The first kappa shape index (κ1) is 21.1. The zero-order valence-electron chi connectivity index (χ0n) is 16.3. The SMILES string of the molecule is O=C(O)C1CCN(c2nc(CC(F)C(F)F)cnc2-c2cc(F)c3occc3c2)CC1. The van der Waals surface area contributed by atoms with Crippen molar-refractivity contribution in [3.63, 3.8) is 0 Å². The van der Waals surface area contributed by atoms with Crippen LogP contribution in [0.25, 0.3) is 22.2 Å². The molecule has 0 radical (unpaired) electrons. The van der Waals surface area contributed by atoms with Crippen LogP contribution in [-0.2, 0) is 11.2 Å². The minimum absolute atomic E-state index is 0.0387. The van der Waals surface area contributed by atoms with Gasteiger partial charge in [-0.05, 0) is 31.0 Å². The number of aromatic nitrogens is 2. The maximum Gasteiger partial charge on any atom is 0.306 e. The predicted octanol–water partition coefficient (Wildman–Crippen LogP) is 4.48. The lowest BCUT2D eigenvalue weighted by molar-refractivity contribution is -0.142. The minimum Gasteiger partial charge on any atom is -0.481 e. The Labute approximate surface area is 174 Å². The predicted molar refractivity (Wildman–Crippen MR) is 104 cm³/mol. The standard InChI is InChI=1S/C21H19F4N3O3/c22-15-8-13(7-12-3-6-31-18(12)15)17-20(28-4-1-11(2-5-28)21(29)30)27-14(10-26-17)9-16(23)19(24)25/h3,6-8,10-11,16,19H,1-2,4-5,9H2,(H,29,30). The van der Waals surface area contributed by atoms with Gasteiger partial charge >= 0.3 is 5.97 Å². The first-order valence-corrected chi connectivity index (χ1v) is 9.76. The fourth-order valence-electron chi connectivity index (χ4n) is 3.74. The molecular weight excluding hydrogens is 418 g/mol. The van der Waals surface area contributed by atoms with Gasteiger partial charge in [-0.3, -0.25) is 9.78 Å². The Hall–Kier alpha value is -3.17. The van der Waals surface area contributed by atoms with Gasteiger partial charge in [0.25, 0.3) is 6.43 Å². The molecule has 1 aromatic carbocycles. The van der Waals surface area contributed by atoms with E-state index in [2.05, 4.69) is 9.97 Å². The third kappa shape index (κ3) is 4.33. The molecule has 1 unspecified atom stereocenters. The van der Waals surface area contributed by atoms with E-state index in [1.54, 1.807) is 17.0 Å². The van der Waals surface area contributed by atoms with Crippen molar-refractivity contribution in [2.24, 2.45) is 5.92 Å². The van der Waals surface area contributed by atoms with E-state index < -0.39 is 36.7 Å². The fraction of sp³-hybridized carbons (Fsp3) is 0.381. The zero-order chi connectivity index (χ0) is 22.1. The van der Waals surface area contributed by atoms with Gasteiger partial charge in [0.1, 0.15) is 5.69 Å². The Morgan fingerprint density at radius 3 is 2.68 bits per heavy atom. The van der Waals surface area contributed by atoms with Gasteiger partial charge in [0.05, 0.1) is 17.9 Å². The number of carboxylic acids is 1. The summed E-state index contributed by atoms with van der Waals surface area (Å²) in [5, 5.41) is 9.74. The molecule has 0 spiro atoms. The lowest BCUT2D eigenvalue weighted by atomic mass is 9.96. The van der Waals surface area contributed by atoms with E-state index >= 15 is 0 Å². The van der Waals surface area contributed by atoms with Crippen molar-refractivity contribution >= 4 is 22.8 Å². The van der Waals surface area contributed by atoms with Gasteiger partial charge in [-0.1, -0.05) is 0 Å². The molecule has 6 nitrogen and oxygen atoms in total.